The molecule has 0 atom stereocenters. The van der Waals surface area contributed by atoms with Gasteiger partial charge in [-0.15, -0.1) is 0 Å². The first kappa shape index (κ1) is 61.7. The smallest absolute Gasteiger partial charge is 0.236 e. The summed E-state index contributed by atoms with van der Waals surface area (Å²) >= 11 is 0. The topological polar surface area (TPSA) is 84.4 Å². The zero-order chi connectivity index (χ0) is 71.6. The summed E-state index contributed by atoms with van der Waals surface area (Å²) in [6.07, 6.45) is 0. The molecule has 9 heteroatoms. The van der Waals surface area contributed by atoms with Crippen LogP contribution >= 0.6 is 0 Å². The Kier molecular flexibility index (Phi) is 14.1. The summed E-state index contributed by atoms with van der Waals surface area (Å²) < 4.78 is 15.8. The highest BCUT2D eigenvalue weighted by Crippen LogP contribution is 2.44. The Bertz CT molecular complexity index is 7600. The molecule has 16 aromatic carbocycles. The Morgan fingerprint density at radius 2 is 0.541 bits per heavy atom. The molecule has 0 fully saturated rings. The van der Waals surface area contributed by atoms with Gasteiger partial charge in [-0.2, -0.15) is 0 Å². The fourth-order valence-corrected chi connectivity index (χ4v) is 16.8. The first-order chi connectivity index (χ1) is 54.0. The zero-order valence-corrected chi connectivity index (χ0v) is 58.8. The molecule has 0 spiro atoms. The average molecular weight is 1390 g/mol. The van der Waals surface area contributed by atoms with E-state index in [1.807, 2.05) is 30.3 Å². The van der Waals surface area contributed by atoms with Crippen molar-refractivity contribution in [2.45, 2.75) is 0 Å². The third-order valence-corrected chi connectivity index (χ3v) is 21.9. The molecule has 0 aliphatic carbocycles. The molecular weight excluding hydrogens is 1330 g/mol. The first-order valence-electron chi connectivity index (χ1n) is 36.9. The maximum Gasteiger partial charge on any atom is 0.236 e. The summed E-state index contributed by atoms with van der Waals surface area (Å²) in [5.74, 6) is 1.26. The van der Waals surface area contributed by atoms with Crippen LogP contribution in [-0.2, 0) is 0 Å². The third kappa shape index (κ3) is 10.1. The van der Waals surface area contributed by atoms with Gasteiger partial charge in [0.15, 0.2) is 5.58 Å². The van der Waals surface area contributed by atoms with Gasteiger partial charge in [-0.05, 0) is 165 Å². The van der Waals surface area contributed by atoms with Gasteiger partial charge in [0.1, 0.15) is 16.8 Å². The van der Waals surface area contributed by atoms with Crippen LogP contribution in [0.1, 0.15) is 0 Å². The van der Waals surface area contributed by atoms with Crippen molar-refractivity contribution in [1.82, 2.24) is 38.2 Å². The molecule has 508 valence electrons. The SMILES string of the molecule is c1ccc(-c2nc(-n3c4ccccc4c4cc(-c5ccc6c(c5)c5ccccc5n6-c5ccccc5)ccc43)nc3c2oc2ccc(-c4ccc5ccccc5c4)cc23)cc1.c1ccc(-c2nc(-n3c4ccccc4c4cc(-c5ccc6c(c5)c5ccccc5n6-c5ccccc5)ccc43)nc3ccccc23)cc1. The van der Waals surface area contributed by atoms with Gasteiger partial charge in [0, 0.05) is 76.4 Å². The largest absolute Gasteiger partial charge is 0.452 e. The first-order valence-corrected chi connectivity index (χ1v) is 36.9. The molecule has 109 heavy (non-hydrogen) atoms. The molecule has 9 nitrogen and oxygen atoms in total. The van der Waals surface area contributed by atoms with Gasteiger partial charge >= 0.3 is 0 Å². The Labute approximate surface area is 625 Å². The Hall–Kier alpha value is -14.8. The van der Waals surface area contributed by atoms with Crippen LogP contribution in [-0.4, -0.2) is 38.2 Å². The van der Waals surface area contributed by atoms with Crippen molar-refractivity contribution in [2.24, 2.45) is 0 Å². The third-order valence-electron chi connectivity index (χ3n) is 21.9. The van der Waals surface area contributed by atoms with E-state index in [1.165, 1.54) is 81.8 Å². The fraction of sp³-hybridized carbons (Fsp3) is 0. The molecular formula is C100H62N8O. The normalized spacial score (nSPS) is 11.9. The molecule has 0 radical (unpaired) electrons. The molecule has 23 aromatic rings. The molecule has 0 saturated heterocycles. The van der Waals surface area contributed by atoms with Crippen LogP contribution < -0.4 is 0 Å². The predicted molar refractivity (Wildman–Crippen MR) is 451 cm³/mol. The summed E-state index contributed by atoms with van der Waals surface area (Å²) in [6.45, 7) is 0. The van der Waals surface area contributed by atoms with Crippen molar-refractivity contribution in [2.75, 3.05) is 0 Å². The predicted octanol–water partition coefficient (Wildman–Crippen LogP) is 25.9. The summed E-state index contributed by atoms with van der Waals surface area (Å²) in [7, 11) is 0. The summed E-state index contributed by atoms with van der Waals surface area (Å²) in [4.78, 5) is 21.1. The second-order valence-corrected chi connectivity index (χ2v) is 28.1. The Morgan fingerprint density at radius 3 is 1.04 bits per heavy atom. The van der Waals surface area contributed by atoms with Crippen molar-refractivity contribution in [1.29, 1.82) is 0 Å². The average Bonchev–Trinajstić information content (AvgIpc) is 1.60. The minimum atomic E-state index is 0.597. The van der Waals surface area contributed by atoms with Gasteiger partial charge in [-0.1, -0.05) is 255 Å². The highest BCUT2D eigenvalue weighted by atomic mass is 16.3. The van der Waals surface area contributed by atoms with E-state index < -0.39 is 0 Å². The Balaban J connectivity index is 0.000000139. The van der Waals surface area contributed by atoms with Crippen LogP contribution in [0.5, 0.6) is 0 Å². The number of furan rings is 1. The maximum absolute atomic E-state index is 6.66. The van der Waals surface area contributed by atoms with Crippen LogP contribution in [0.4, 0.5) is 0 Å². The van der Waals surface area contributed by atoms with Gasteiger partial charge in [0.05, 0.1) is 55.3 Å². The lowest BCUT2D eigenvalue weighted by atomic mass is 10.00. The highest BCUT2D eigenvalue weighted by molar-refractivity contribution is 6.16. The number of nitrogens with zero attached hydrogens (tertiary/aromatic N) is 8. The van der Waals surface area contributed by atoms with Crippen molar-refractivity contribution >= 4 is 131 Å². The van der Waals surface area contributed by atoms with Gasteiger partial charge in [-0.3, -0.25) is 9.13 Å². The molecule has 0 N–H and O–H groups in total. The number of hydrogen-bond donors (Lipinski definition) is 0. The van der Waals surface area contributed by atoms with Crippen LogP contribution in [0.3, 0.4) is 0 Å². The highest BCUT2D eigenvalue weighted by Gasteiger charge is 2.25. The molecule has 7 aromatic heterocycles. The quantitative estimate of drug-likeness (QED) is 0.144. The van der Waals surface area contributed by atoms with E-state index in [0.717, 1.165) is 111 Å². The second-order valence-electron chi connectivity index (χ2n) is 28.1. The fourth-order valence-electron chi connectivity index (χ4n) is 16.8. The summed E-state index contributed by atoms with van der Waals surface area (Å²) in [5.41, 5.74) is 25.2. The number of benzene rings is 16. The van der Waals surface area contributed by atoms with Crippen molar-refractivity contribution in [3.63, 3.8) is 0 Å². The number of aromatic nitrogens is 8. The van der Waals surface area contributed by atoms with Crippen LogP contribution in [0.25, 0.3) is 210 Å². The number of hydrogen-bond acceptors (Lipinski definition) is 5. The van der Waals surface area contributed by atoms with E-state index in [0.29, 0.717) is 17.5 Å². The van der Waals surface area contributed by atoms with Crippen LogP contribution in [0.2, 0.25) is 0 Å². The van der Waals surface area contributed by atoms with Gasteiger partial charge < -0.3 is 13.6 Å². The lowest BCUT2D eigenvalue weighted by Gasteiger charge is -2.12. The Morgan fingerprint density at radius 1 is 0.202 bits per heavy atom. The van der Waals surface area contributed by atoms with E-state index in [1.54, 1.807) is 0 Å². The van der Waals surface area contributed by atoms with E-state index in [2.05, 4.69) is 364 Å². The van der Waals surface area contributed by atoms with Crippen molar-refractivity contribution < 1.29 is 4.42 Å². The monoisotopic (exact) mass is 1390 g/mol. The molecule has 0 unspecified atom stereocenters. The van der Waals surface area contributed by atoms with E-state index in [-0.39, 0.29) is 0 Å². The lowest BCUT2D eigenvalue weighted by molar-refractivity contribution is 0.666. The summed E-state index contributed by atoms with van der Waals surface area (Å²) in [6, 6.07) is 133. The zero-order valence-electron chi connectivity index (χ0n) is 58.8. The van der Waals surface area contributed by atoms with Crippen LogP contribution in [0, 0.1) is 0 Å². The van der Waals surface area contributed by atoms with Crippen molar-refractivity contribution in [3.8, 4) is 79.2 Å². The van der Waals surface area contributed by atoms with E-state index >= 15 is 0 Å². The lowest BCUT2D eigenvalue weighted by Crippen LogP contribution is -2.03. The van der Waals surface area contributed by atoms with E-state index in [4.69, 9.17) is 24.4 Å². The second kappa shape index (κ2) is 24.9. The van der Waals surface area contributed by atoms with Crippen LogP contribution in [0.15, 0.2) is 381 Å². The molecule has 0 aliphatic rings. The minimum absolute atomic E-state index is 0.597. The molecule has 7 heterocycles. The van der Waals surface area contributed by atoms with Gasteiger partial charge in [0.25, 0.3) is 0 Å². The molecule has 0 saturated carbocycles. The number of fused-ring (bicyclic) bond motifs is 17. The number of para-hydroxylation sites is 7. The van der Waals surface area contributed by atoms with Gasteiger partial charge in [0.2, 0.25) is 11.9 Å². The number of rotatable bonds is 9. The van der Waals surface area contributed by atoms with Crippen molar-refractivity contribution in [3.05, 3.63) is 376 Å². The maximum atomic E-state index is 6.66. The van der Waals surface area contributed by atoms with E-state index in [9.17, 15) is 0 Å². The molecule has 23 rings (SSSR count). The summed E-state index contributed by atoms with van der Waals surface area (Å²) in [5, 5.41) is 14.0. The standard InChI is InChI=1S/C56H34N4O.C44H28N4/c1-3-14-36(15-4-1)53-55-54(47-34-41(27-30-52(47)61-55)38-24-23-35-13-7-8-16-37(35)31-38)58-56(57-53)60-49-22-12-10-20-44(49)46-33-40(26-29-51(46)60)39-25-28-50-45(32-39)43-19-9-11-21-48(43)59(50)42-17-5-2-6-18-42;1-3-13-29(14-4-1)43-35-19-7-10-20-38(35)45-44(46-43)48-40-22-12-9-18-34(40)37-28-31(24-26-42(37)48)30-23-25-41-36(27-30)33-17-8-11-21-39(33)47(41)32-15-5-2-6-16-32/h1-34H;1-28H. The molecule has 0 amide bonds. The molecule has 0 bridgehead atoms. The minimum Gasteiger partial charge on any atom is -0.452 e. The van der Waals surface area contributed by atoms with Gasteiger partial charge in [-0.25, -0.2) is 19.9 Å². The molecule has 0 aliphatic heterocycles.